The third-order valence-electron chi connectivity index (χ3n) is 3.61. The van der Waals surface area contributed by atoms with Gasteiger partial charge in [0.25, 0.3) is 0 Å². The van der Waals surface area contributed by atoms with Gasteiger partial charge in [-0.05, 0) is 25.8 Å². The van der Waals surface area contributed by atoms with Gasteiger partial charge >= 0.3 is 0 Å². The molecule has 1 fully saturated rings. The van der Waals surface area contributed by atoms with Gasteiger partial charge in [-0.2, -0.15) is 0 Å². The van der Waals surface area contributed by atoms with E-state index in [1.807, 2.05) is 4.57 Å². The quantitative estimate of drug-likeness (QED) is 0.922. The van der Waals surface area contributed by atoms with E-state index >= 15 is 0 Å². The molecule has 2 aromatic rings. The van der Waals surface area contributed by atoms with Crippen molar-refractivity contribution in [2.24, 2.45) is 0 Å². The zero-order valence-electron chi connectivity index (χ0n) is 10.6. The van der Waals surface area contributed by atoms with Crippen LogP contribution in [0.3, 0.4) is 0 Å². The second-order valence-corrected chi connectivity index (χ2v) is 5.62. The van der Waals surface area contributed by atoms with Gasteiger partial charge in [0.05, 0.1) is 28.2 Å². The highest BCUT2D eigenvalue weighted by Gasteiger charge is 2.31. The van der Waals surface area contributed by atoms with E-state index in [9.17, 15) is 4.39 Å². The van der Waals surface area contributed by atoms with Crippen LogP contribution in [0.25, 0.3) is 11.0 Å². The van der Waals surface area contributed by atoms with Crippen LogP contribution >= 0.6 is 11.6 Å². The number of nitrogen functional groups attached to an aromatic ring is 1. The van der Waals surface area contributed by atoms with E-state index in [-0.39, 0.29) is 10.6 Å². The maximum absolute atomic E-state index is 13.4. The Balaban J connectivity index is 2.07. The topological polar surface area (TPSA) is 53.1 Å². The number of aromatic nitrogens is 2. The molecule has 1 aliphatic rings. The lowest BCUT2D eigenvalue weighted by Gasteiger charge is -2.24. The van der Waals surface area contributed by atoms with Gasteiger partial charge in [-0.3, -0.25) is 0 Å². The highest BCUT2D eigenvalue weighted by molar-refractivity contribution is 6.31. The molecule has 1 unspecified atom stereocenters. The minimum absolute atomic E-state index is 0.0751. The zero-order chi connectivity index (χ0) is 13.6. The number of nitrogens with zero attached hydrogens (tertiary/aromatic N) is 2. The van der Waals surface area contributed by atoms with E-state index in [0.717, 1.165) is 25.0 Å². The number of rotatable bonds is 2. The molecule has 2 heterocycles. The number of hydrogen-bond donors (Lipinski definition) is 1. The van der Waals surface area contributed by atoms with Gasteiger partial charge in [0.15, 0.2) is 0 Å². The van der Waals surface area contributed by atoms with Gasteiger partial charge in [0.2, 0.25) is 5.95 Å². The van der Waals surface area contributed by atoms with E-state index in [2.05, 4.69) is 11.9 Å². The Kier molecular flexibility index (Phi) is 2.91. The van der Waals surface area contributed by atoms with Gasteiger partial charge < -0.3 is 15.0 Å². The molecule has 0 aliphatic carbocycles. The van der Waals surface area contributed by atoms with E-state index < -0.39 is 5.82 Å². The highest BCUT2D eigenvalue weighted by Crippen LogP contribution is 2.31. The number of ether oxygens (including phenoxy) is 1. The van der Waals surface area contributed by atoms with Crippen LogP contribution in [0.1, 0.15) is 19.8 Å². The van der Waals surface area contributed by atoms with E-state index in [1.165, 1.54) is 6.07 Å². The lowest BCUT2D eigenvalue weighted by atomic mass is 10.0. The number of anilines is 1. The standard InChI is InChI=1S/C13H15ClFN3O/c1-13(3-2-4-19-13)7-18-11-5-8(14)9(15)6-10(11)17-12(18)16/h5-6H,2-4,7H2,1H3,(H2,16,17). The molecule has 1 saturated heterocycles. The van der Waals surface area contributed by atoms with Crippen molar-refractivity contribution in [3.05, 3.63) is 23.0 Å². The van der Waals surface area contributed by atoms with Crippen LogP contribution in [-0.4, -0.2) is 21.8 Å². The van der Waals surface area contributed by atoms with Crippen molar-refractivity contribution in [1.29, 1.82) is 0 Å². The Bertz CT molecular complexity index is 634. The number of benzene rings is 1. The Hall–Kier alpha value is -1.33. The van der Waals surface area contributed by atoms with Crippen LogP contribution < -0.4 is 5.73 Å². The van der Waals surface area contributed by atoms with Crippen LogP contribution in [0.15, 0.2) is 12.1 Å². The lowest BCUT2D eigenvalue weighted by Crippen LogP contribution is -2.30. The van der Waals surface area contributed by atoms with E-state index in [4.69, 9.17) is 22.1 Å². The molecule has 3 rings (SSSR count). The third kappa shape index (κ3) is 2.17. The summed E-state index contributed by atoms with van der Waals surface area (Å²) in [5.41, 5.74) is 6.93. The summed E-state index contributed by atoms with van der Waals surface area (Å²) in [7, 11) is 0. The minimum Gasteiger partial charge on any atom is -0.373 e. The molecule has 0 spiro atoms. The molecule has 19 heavy (non-hydrogen) atoms. The molecule has 1 aromatic carbocycles. The molecular formula is C13H15ClFN3O. The van der Waals surface area contributed by atoms with Crippen molar-refractivity contribution in [1.82, 2.24) is 9.55 Å². The number of fused-ring (bicyclic) bond motifs is 1. The minimum atomic E-state index is -0.484. The molecule has 1 aromatic heterocycles. The molecule has 1 atom stereocenters. The van der Waals surface area contributed by atoms with Gasteiger partial charge in [-0.1, -0.05) is 11.6 Å². The van der Waals surface area contributed by atoms with E-state index in [0.29, 0.717) is 18.0 Å². The number of hydrogen-bond acceptors (Lipinski definition) is 3. The summed E-state index contributed by atoms with van der Waals surface area (Å²) in [6, 6.07) is 2.87. The van der Waals surface area contributed by atoms with Gasteiger partial charge in [0, 0.05) is 12.7 Å². The first-order valence-corrected chi connectivity index (χ1v) is 6.61. The first-order chi connectivity index (χ1) is 8.98. The van der Waals surface area contributed by atoms with Crippen molar-refractivity contribution in [3.8, 4) is 0 Å². The molecule has 0 radical (unpaired) electrons. The predicted molar refractivity (Wildman–Crippen MR) is 72.7 cm³/mol. The third-order valence-corrected chi connectivity index (χ3v) is 3.90. The summed E-state index contributed by atoms with van der Waals surface area (Å²) in [5, 5.41) is 0.0751. The summed E-state index contributed by atoms with van der Waals surface area (Å²) in [4.78, 5) is 4.17. The lowest BCUT2D eigenvalue weighted by molar-refractivity contribution is 0.00750. The molecule has 4 nitrogen and oxygen atoms in total. The van der Waals surface area contributed by atoms with Crippen molar-refractivity contribution >= 4 is 28.6 Å². The van der Waals surface area contributed by atoms with Crippen LogP contribution in [-0.2, 0) is 11.3 Å². The average molecular weight is 284 g/mol. The highest BCUT2D eigenvalue weighted by atomic mass is 35.5. The van der Waals surface area contributed by atoms with Crippen LogP contribution in [0.4, 0.5) is 10.3 Å². The van der Waals surface area contributed by atoms with Crippen LogP contribution in [0.2, 0.25) is 5.02 Å². The van der Waals surface area contributed by atoms with E-state index in [1.54, 1.807) is 6.07 Å². The molecular weight excluding hydrogens is 269 g/mol. The Morgan fingerprint density at radius 1 is 1.58 bits per heavy atom. The van der Waals surface area contributed by atoms with Crippen molar-refractivity contribution in [2.45, 2.75) is 31.9 Å². The summed E-state index contributed by atoms with van der Waals surface area (Å²) < 4.78 is 21.0. The smallest absolute Gasteiger partial charge is 0.201 e. The SMILES string of the molecule is CC1(Cn2c(N)nc3cc(F)c(Cl)cc32)CCCO1. The fourth-order valence-electron chi connectivity index (χ4n) is 2.60. The molecule has 0 bridgehead atoms. The van der Waals surface area contributed by atoms with Gasteiger partial charge in [-0.15, -0.1) is 0 Å². The summed E-state index contributed by atoms with van der Waals surface area (Å²) in [5.74, 6) is -0.129. The van der Waals surface area contributed by atoms with Gasteiger partial charge in [-0.25, -0.2) is 9.37 Å². The molecule has 0 saturated carbocycles. The molecule has 0 amide bonds. The normalized spacial score (nSPS) is 23.3. The number of nitrogens with two attached hydrogens (primary N) is 1. The fourth-order valence-corrected chi connectivity index (χ4v) is 2.76. The van der Waals surface area contributed by atoms with Crippen LogP contribution in [0, 0.1) is 5.82 Å². The summed E-state index contributed by atoms with van der Waals surface area (Å²) in [6.45, 7) is 3.41. The van der Waals surface area contributed by atoms with Gasteiger partial charge in [0.1, 0.15) is 5.82 Å². The summed E-state index contributed by atoms with van der Waals surface area (Å²) in [6.07, 6.45) is 2.01. The molecule has 2 N–H and O–H groups in total. The van der Waals surface area contributed by atoms with Crippen molar-refractivity contribution < 1.29 is 9.13 Å². The Morgan fingerprint density at radius 3 is 3.05 bits per heavy atom. The average Bonchev–Trinajstić information content (AvgIpc) is 2.88. The van der Waals surface area contributed by atoms with Crippen molar-refractivity contribution in [3.63, 3.8) is 0 Å². The molecule has 102 valence electrons. The second-order valence-electron chi connectivity index (χ2n) is 5.21. The molecule has 1 aliphatic heterocycles. The monoisotopic (exact) mass is 283 g/mol. The maximum Gasteiger partial charge on any atom is 0.201 e. The first-order valence-electron chi connectivity index (χ1n) is 6.23. The Morgan fingerprint density at radius 2 is 2.37 bits per heavy atom. The number of halogens is 2. The maximum atomic E-state index is 13.4. The first kappa shape index (κ1) is 12.7. The largest absolute Gasteiger partial charge is 0.373 e. The van der Waals surface area contributed by atoms with Crippen LogP contribution in [0.5, 0.6) is 0 Å². The Labute approximate surface area is 115 Å². The fraction of sp³-hybridized carbons (Fsp3) is 0.462. The zero-order valence-corrected chi connectivity index (χ0v) is 11.4. The summed E-state index contributed by atoms with van der Waals surface area (Å²) >= 11 is 5.83. The second kappa shape index (κ2) is 4.35. The number of imidazole rings is 1. The molecule has 6 heteroatoms. The van der Waals surface area contributed by atoms with Crippen molar-refractivity contribution in [2.75, 3.05) is 12.3 Å². The predicted octanol–water partition coefficient (Wildman–Crippen LogP) is 2.98.